The van der Waals surface area contributed by atoms with Crippen LogP contribution in [0.25, 0.3) is 21.7 Å². The summed E-state index contributed by atoms with van der Waals surface area (Å²) >= 11 is 1.57. The van der Waals surface area contributed by atoms with E-state index >= 15 is 0 Å². The number of carbonyl (C=O) groups is 2. The number of hydrogen-bond acceptors (Lipinski definition) is 7. The maximum atomic E-state index is 13.0. The highest BCUT2D eigenvalue weighted by molar-refractivity contribution is 7.13. The highest BCUT2D eigenvalue weighted by atomic mass is 32.1. The average Bonchev–Trinajstić information content (AvgIpc) is 3.46. The third-order valence-corrected chi connectivity index (χ3v) is 6.83. The molecule has 36 heavy (non-hydrogen) atoms. The minimum atomic E-state index is -0.532. The Hall–Kier alpha value is -3.33. The third-order valence-electron chi connectivity index (χ3n) is 6.01. The minimum Gasteiger partial charge on any atom is -0.459 e. The van der Waals surface area contributed by atoms with Gasteiger partial charge in [-0.25, -0.2) is 9.59 Å². The Balaban J connectivity index is 1.67. The van der Waals surface area contributed by atoms with Crippen molar-refractivity contribution in [1.29, 1.82) is 0 Å². The second-order valence-electron chi connectivity index (χ2n) is 10.3. The van der Waals surface area contributed by atoms with Gasteiger partial charge in [-0.1, -0.05) is 6.58 Å². The van der Waals surface area contributed by atoms with Gasteiger partial charge in [0.1, 0.15) is 5.60 Å². The molecule has 1 aliphatic heterocycles. The molecule has 0 spiro atoms. The molecule has 4 heterocycles. The normalized spacial score (nSPS) is 14.4. The number of pyridine rings is 1. The van der Waals surface area contributed by atoms with Crippen molar-refractivity contribution >= 4 is 34.6 Å². The first-order valence-electron chi connectivity index (χ1n) is 12.1. The van der Waals surface area contributed by atoms with Gasteiger partial charge >= 0.3 is 12.1 Å². The maximum absolute atomic E-state index is 13.0. The molecule has 9 heteroatoms. The van der Waals surface area contributed by atoms with Crippen molar-refractivity contribution in [2.45, 2.75) is 53.2 Å². The molecule has 0 aliphatic carbocycles. The second-order valence-corrected chi connectivity index (χ2v) is 11.2. The molecule has 192 valence electrons. The number of thiazole rings is 1. The Morgan fingerprint density at radius 2 is 1.78 bits per heavy atom. The molecule has 8 nitrogen and oxygen atoms in total. The Morgan fingerprint density at radius 1 is 1.11 bits per heavy atom. The van der Waals surface area contributed by atoms with Crippen molar-refractivity contribution < 1.29 is 19.1 Å². The SMILES string of the molecule is C=C(c1c(C)c(C(=O)OC(C)C)cc2cc(-c3cncs3)cn12)N1CCN(C(=O)OC(C)(C)C)CC1. The summed E-state index contributed by atoms with van der Waals surface area (Å²) in [6.07, 6.45) is 3.37. The summed E-state index contributed by atoms with van der Waals surface area (Å²) < 4.78 is 13.2. The van der Waals surface area contributed by atoms with Crippen molar-refractivity contribution in [2.75, 3.05) is 26.2 Å². The number of nitrogens with zero attached hydrogens (tertiary/aromatic N) is 4. The van der Waals surface area contributed by atoms with Gasteiger partial charge in [0.15, 0.2) is 0 Å². The number of fused-ring (bicyclic) bond motifs is 1. The highest BCUT2D eigenvalue weighted by Gasteiger charge is 2.28. The van der Waals surface area contributed by atoms with Gasteiger partial charge in [0, 0.05) is 49.7 Å². The van der Waals surface area contributed by atoms with E-state index < -0.39 is 5.60 Å². The highest BCUT2D eigenvalue weighted by Crippen LogP contribution is 2.32. The van der Waals surface area contributed by atoms with Crippen molar-refractivity contribution in [3.05, 3.63) is 53.4 Å². The molecule has 0 radical (unpaired) electrons. The van der Waals surface area contributed by atoms with Crippen LogP contribution in [0.5, 0.6) is 0 Å². The first-order chi connectivity index (χ1) is 16.9. The van der Waals surface area contributed by atoms with Crippen LogP contribution < -0.4 is 0 Å². The van der Waals surface area contributed by atoms with Gasteiger partial charge in [0.25, 0.3) is 0 Å². The summed E-state index contributed by atoms with van der Waals surface area (Å²) in [7, 11) is 0. The minimum absolute atomic E-state index is 0.222. The number of esters is 1. The Labute approximate surface area is 216 Å². The van der Waals surface area contributed by atoms with Gasteiger partial charge in [0.2, 0.25) is 0 Å². The summed E-state index contributed by atoms with van der Waals surface area (Å²) in [5, 5.41) is 0. The Morgan fingerprint density at radius 3 is 2.36 bits per heavy atom. The molecule has 1 amide bonds. The lowest BCUT2D eigenvalue weighted by Gasteiger charge is -2.38. The lowest BCUT2D eigenvalue weighted by Crippen LogP contribution is -2.49. The number of carbonyl (C=O) groups excluding carboxylic acids is 2. The molecule has 3 aromatic rings. The van der Waals surface area contributed by atoms with Gasteiger partial charge < -0.3 is 23.7 Å². The van der Waals surface area contributed by atoms with Crippen molar-refractivity contribution in [1.82, 2.24) is 19.2 Å². The van der Waals surface area contributed by atoms with E-state index in [1.165, 1.54) is 0 Å². The quantitative estimate of drug-likeness (QED) is 0.424. The molecule has 0 bridgehead atoms. The van der Waals surface area contributed by atoms with Crippen LogP contribution >= 0.6 is 11.3 Å². The number of rotatable bonds is 5. The molecule has 0 N–H and O–H groups in total. The van der Waals surface area contributed by atoms with E-state index in [1.807, 2.05) is 53.8 Å². The maximum Gasteiger partial charge on any atom is 0.410 e. The first kappa shape index (κ1) is 25.8. The van der Waals surface area contributed by atoms with Crippen LogP contribution in [0.4, 0.5) is 4.79 Å². The number of amides is 1. The number of aromatic nitrogens is 2. The summed E-state index contributed by atoms with van der Waals surface area (Å²) in [5.74, 6) is -0.352. The van der Waals surface area contributed by atoms with Crippen molar-refractivity contribution in [3.8, 4) is 10.4 Å². The van der Waals surface area contributed by atoms with E-state index in [-0.39, 0.29) is 18.2 Å². The van der Waals surface area contributed by atoms with Crippen LogP contribution in [-0.2, 0) is 9.47 Å². The van der Waals surface area contributed by atoms with Crippen molar-refractivity contribution in [2.24, 2.45) is 0 Å². The molecule has 4 rings (SSSR count). The molecule has 0 atom stereocenters. The van der Waals surface area contributed by atoms with Gasteiger partial charge in [-0.15, -0.1) is 11.3 Å². The summed E-state index contributed by atoms with van der Waals surface area (Å²) in [4.78, 5) is 34.7. The first-order valence-corrected chi connectivity index (χ1v) is 13.0. The van der Waals surface area contributed by atoms with E-state index in [9.17, 15) is 9.59 Å². The standard InChI is InChI=1S/C27H34N4O4S/c1-17(2)34-25(32)22-13-21-12-20(23-14-28-16-36-23)15-31(21)24(18(22)3)19(4)29-8-10-30(11-9-29)26(33)35-27(5,6)7/h12-17H,4,8-11H2,1-3,5-7H3. The van der Waals surface area contributed by atoms with Crippen LogP contribution in [-0.4, -0.2) is 69.1 Å². The van der Waals surface area contributed by atoms with Gasteiger partial charge in [-0.2, -0.15) is 0 Å². The van der Waals surface area contributed by atoms with Crippen LogP contribution in [0.15, 0.2) is 36.6 Å². The molecule has 0 saturated carbocycles. The zero-order chi connectivity index (χ0) is 26.2. The van der Waals surface area contributed by atoms with Crippen LogP contribution in [0.2, 0.25) is 0 Å². The van der Waals surface area contributed by atoms with Crippen LogP contribution in [0, 0.1) is 6.92 Å². The van der Waals surface area contributed by atoms with E-state index in [1.54, 1.807) is 21.7 Å². The van der Waals surface area contributed by atoms with E-state index in [2.05, 4.69) is 33.1 Å². The molecular formula is C27H34N4O4S. The Kier molecular flexibility index (Phi) is 7.13. The summed E-state index contributed by atoms with van der Waals surface area (Å²) in [5.41, 5.74) is 6.15. The second kappa shape index (κ2) is 9.97. The molecule has 0 unspecified atom stereocenters. The fraction of sp³-hybridized carbons (Fsp3) is 0.444. The van der Waals surface area contributed by atoms with E-state index in [4.69, 9.17) is 9.47 Å². The van der Waals surface area contributed by atoms with Gasteiger partial charge in [-0.3, -0.25) is 4.98 Å². The molecule has 0 aromatic carbocycles. The van der Waals surface area contributed by atoms with Crippen LogP contribution in [0.1, 0.15) is 56.2 Å². The summed E-state index contributed by atoms with van der Waals surface area (Å²) in [6.45, 7) is 17.9. The fourth-order valence-electron chi connectivity index (χ4n) is 4.32. The zero-order valence-electron chi connectivity index (χ0n) is 21.8. The molecule has 1 aliphatic rings. The number of hydrogen-bond donors (Lipinski definition) is 0. The topological polar surface area (TPSA) is 76.4 Å². The molecular weight excluding hydrogens is 476 g/mol. The number of piperazine rings is 1. The molecule has 1 fully saturated rings. The average molecular weight is 511 g/mol. The monoisotopic (exact) mass is 510 g/mol. The van der Waals surface area contributed by atoms with Gasteiger partial charge in [-0.05, 0) is 59.2 Å². The number of ether oxygens (including phenoxy) is 2. The lowest BCUT2D eigenvalue weighted by atomic mass is 10.0. The van der Waals surface area contributed by atoms with Gasteiger partial charge in [0.05, 0.1) is 33.4 Å². The fourth-order valence-corrected chi connectivity index (χ4v) is 4.93. The molecule has 3 aromatic heterocycles. The lowest BCUT2D eigenvalue weighted by molar-refractivity contribution is 0.0181. The van der Waals surface area contributed by atoms with E-state index in [0.29, 0.717) is 31.7 Å². The molecule has 1 saturated heterocycles. The predicted octanol–water partition coefficient (Wildman–Crippen LogP) is 5.46. The largest absolute Gasteiger partial charge is 0.459 e. The summed E-state index contributed by atoms with van der Waals surface area (Å²) in [6, 6.07) is 3.93. The third kappa shape index (κ3) is 5.41. The zero-order valence-corrected chi connectivity index (χ0v) is 22.6. The smallest absolute Gasteiger partial charge is 0.410 e. The van der Waals surface area contributed by atoms with Crippen LogP contribution in [0.3, 0.4) is 0 Å². The Bertz CT molecular complexity index is 1280. The van der Waals surface area contributed by atoms with E-state index in [0.717, 1.165) is 32.9 Å². The predicted molar refractivity (Wildman–Crippen MR) is 142 cm³/mol. The van der Waals surface area contributed by atoms with Crippen molar-refractivity contribution in [3.63, 3.8) is 0 Å².